The molecule has 84 valence electrons. The number of rotatable bonds is 3. The summed E-state index contributed by atoms with van der Waals surface area (Å²) in [4.78, 5) is 13.0. The summed E-state index contributed by atoms with van der Waals surface area (Å²) in [6.45, 7) is 2.66. The summed E-state index contributed by atoms with van der Waals surface area (Å²) in [5.41, 5.74) is 1.92. The molecule has 0 fully saturated rings. The van der Waals surface area contributed by atoms with Crippen LogP contribution in [-0.4, -0.2) is 10.5 Å². The second-order valence-electron chi connectivity index (χ2n) is 3.71. The molecule has 0 aliphatic heterocycles. The Bertz CT molecular complexity index is 499. The van der Waals surface area contributed by atoms with Crippen LogP contribution in [0.25, 0.3) is 0 Å². The van der Waals surface area contributed by atoms with Gasteiger partial charge in [-0.15, -0.1) is 11.3 Å². The first-order chi connectivity index (χ1) is 7.68. The number of thiophene rings is 1. The van der Waals surface area contributed by atoms with E-state index < -0.39 is 0 Å². The highest BCUT2D eigenvalue weighted by molar-refractivity contribution is 7.10. The maximum atomic E-state index is 11.8. The standard InChI is InChI=1S/C12H14N2OS/c1-9-5-7-16-11(9)8-13-12(15)10-4-3-6-14(10)2/h3-7H,8H2,1-2H3,(H,13,15). The molecule has 1 amide bonds. The van der Waals surface area contributed by atoms with E-state index in [0.29, 0.717) is 12.2 Å². The quantitative estimate of drug-likeness (QED) is 0.869. The fourth-order valence-electron chi connectivity index (χ4n) is 1.53. The first-order valence-corrected chi connectivity index (χ1v) is 5.99. The topological polar surface area (TPSA) is 34.0 Å². The smallest absolute Gasteiger partial charge is 0.268 e. The normalized spacial score (nSPS) is 10.4. The predicted molar refractivity (Wildman–Crippen MR) is 65.6 cm³/mol. The van der Waals surface area contributed by atoms with Crippen LogP contribution in [0.4, 0.5) is 0 Å². The van der Waals surface area contributed by atoms with Gasteiger partial charge in [0.25, 0.3) is 5.91 Å². The molecule has 0 unspecified atom stereocenters. The molecule has 16 heavy (non-hydrogen) atoms. The molecule has 0 saturated carbocycles. The van der Waals surface area contributed by atoms with Crippen molar-refractivity contribution in [2.24, 2.45) is 7.05 Å². The molecule has 0 spiro atoms. The van der Waals surface area contributed by atoms with Crippen LogP contribution in [0, 0.1) is 6.92 Å². The largest absolute Gasteiger partial charge is 0.347 e. The van der Waals surface area contributed by atoms with Gasteiger partial charge in [-0.1, -0.05) is 0 Å². The third kappa shape index (κ3) is 2.17. The first-order valence-electron chi connectivity index (χ1n) is 5.11. The summed E-state index contributed by atoms with van der Waals surface area (Å²) >= 11 is 1.67. The molecule has 2 heterocycles. The van der Waals surface area contributed by atoms with E-state index in [0.717, 1.165) is 0 Å². The SMILES string of the molecule is Cc1ccsc1CNC(=O)c1cccn1C. The Labute approximate surface area is 98.7 Å². The molecule has 0 saturated heterocycles. The van der Waals surface area contributed by atoms with Crippen molar-refractivity contribution in [3.63, 3.8) is 0 Å². The van der Waals surface area contributed by atoms with Gasteiger partial charge in [-0.2, -0.15) is 0 Å². The van der Waals surface area contributed by atoms with Crippen LogP contribution >= 0.6 is 11.3 Å². The Hall–Kier alpha value is -1.55. The number of nitrogens with one attached hydrogen (secondary N) is 1. The molecule has 2 aromatic rings. The Morgan fingerprint density at radius 2 is 2.31 bits per heavy atom. The molecule has 1 N–H and O–H groups in total. The van der Waals surface area contributed by atoms with Gasteiger partial charge in [0, 0.05) is 18.1 Å². The zero-order valence-corrected chi connectivity index (χ0v) is 10.2. The summed E-state index contributed by atoms with van der Waals surface area (Å²) < 4.78 is 1.82. The minimum atomic E-state index is -0.0275. The predicted octanol–water partition coefficient (Wildman–Crippen LogP) is 2.33. The van der Waals surface area contributed by atoms with Crippen LogP contribution in [0.3, 0.4) is 0 Å². The molecule has 2 rings (SSSR count). The number of carbonyl (C=O) groups excluding carboxylic acids is 1. The second-order valence-corrected chi connectivity index (χ2v) is 4.71. The van der Waals surface area contributed by atoms with Crippen LogP contribution in [0.2, 0.25) is 0 Å². The molecule has 0 aliphatic carbocycles. The van der Waals surface area contributed by atoms with Crippen molar-refractivity contribution < 1.29 is 4.79 Å². The molecule has 0 atom stereocenters. The van der Waals surface area contributed by atoms with Gasteiger partial charge < -0.3 is 9.88 Å². The molecule has 3 nitrogen and oxygen atoms in total. The lowest BCUT2D eigenvalue weighted by Crippen LogP contribution is -2.24. The number of aromatic nitrogens is 1. The van der Waals surface area contributed by atoms with E-state index in [1.807, 2.05) is 35.3 Å². The third-order valence-electron chi connectivity index (χ3n) is 2.55. The molecule has 2 aromatic heterocycles. The maximum Gasteiger partial charge on any atom is 0.268 e. The van der Waals surface area contributed by atoms with Crippen molar-refractivity contribution in [3.8, 4) is 0 Å². The summed E-state index contributed by atoms with van der Waals surface area (Å²) in [7, 11) is 1.87. The van der Waals surface area contributed by atoms with Gasteiger partial charge in [0.05, 0.1) is 6.54 Å². The molecule has 0 radical (unpaired) electrons. The first kappa shape index (κ1) is 11.0. The van der Waals surface area contributed by atoms with Crippen LogP contribution in [-0.2, 0) is 13.6 Å². The lowest BCUT2D eigenvalue weighted by Gasteiger charge is -2.05. The summed E-state index contributed by atoms with van der Waals surface area (Å²) in [6.07, 6.45) is 1.87. The van der Waals surface area contributed by atoms with Gasteiger partial charge in [-0.25, -0.2) is 0 Å². The summed E-state index contributed by atoms with van der Waals surface area (Å²) in [5.74, 6) is -0.0275. The number of amides is 1. The van der Waals surface area contributed by atoms with Gasteiger partial charge >= 0.3 is 0 Å². The van der Waals surface area contributed by atoms with Crippen LogP contribution < -0.4 is 5.32 Å². The van der Waals surface area contributed by atoms with Crippen molar-refractivity contribution in [3.05, 3.63) is 45.9 Å². The highest BCUT2D eigenvalue weighted by Gasteiger charge is 2.08. The number of hydrogen-bond donors (Lipinski definition) is 1. The highest BCUT2D eigenvalue weighted by atomic mass is 32.1. The number of nitrogens with zero attached hydrogens (tertiary/aromatic N) is 1. The zero-order chi connectivity index (χ0) is 11.5. The van der Waals surface area contributed by atoms with Crippen molar-refractivity contribution in [1.29, 1.82) is 0 Å². The van der Waals surface area contributed by atoms with E-state index in [1.54, 1.807) is 11.3 Å². The van der Waals surface area contributed by atoms with Gasteiger partial charge in [0.15, 0.2) is 0 Å². The fraction of sp³-hybridized carbons (Fsp3) is 0.250. The Morgan fingerprint density at radius 3 is 2.88 bits per heavy atom. The van der Waals surface area contributed by atoms with Gasteiger partial charge in [0.1, 0.15) is 5.69 Å². The Balaban J connectivity index is 1.99. The van der Waals surface area contributed by atoms with Crippen LogP contribution in [0.5, 0.6) is 0 Å². The van der Waals surface area contributed by atoms with Crippen molar-refractivity contribution >= 4 is 17.2 Å². The highest BCUT2D eigenvalue weighted by Crippen LogP contribution is 2.15. The molecular formula is C12H14N2OS. The fourth-order valence-corrected chi connectivity index (χ4v) is 2.38. The van der Waals surface area contributed by atoms with Crippen molar-refractivity contribution in [2.45, 2.75) is 13.5 Å². The second kappa shape index (κ2) is 4.53. The number of carbonyl (C=O) groups is 1. The zero-order valence-electron chi connectivity index (χ0n) is 9.36. The Morgan fingerprint density at radius 1 is 1.50 bits per heavy atom. The molecule has 0 aromatic carbocycles. The van der Waals surface area contributed by atoms with Crippen molar-refractivity contribution in [2.75, 3.05) is 0 Å². The Kier molecular flexibility index (Phi) is 3.10. The average molecular weight is 234 g/mol. The van der Waals surface area contributed by atoms with Gasteiger partial charge in [-0.05, 0) is 36.1 Å². The van der Waals surface area contributed by atoms with Crippen LogP contribution in [0.1, 0.15) is 20.9 Å². The lowest BCUT2D eigenvalue weighted by atomic mass is 10.3. The monoisotopic (exact) mass is 234 g/mol. The van der Waals surface area contributed by atoms with E-state index in [9.17, 15) is 4.79 Å². The average Bonchev–Trinajstić information content (AvgIpc) is 2.84. The number of aryl methyl sites for hydroxylation is 2. The maximum absolute atomic E-state index is 11.8. The lowest BCUT2D eigenvalue weighted by molar-refractivity contribution is 0.0943. The van der Waals surface area contributed by atoms with Crippen molar-refractivity contribution in [1.82, 2.24) is 9.88 Å². The minimum Gasteiger partial charge on any atom is -0.347 e. The molecule has 4 heteroatoms. The summed E-state index contributed by atoms with van der Waals surface area (Å²) in [5, 5.41) is 4.96. The molecule has 0 bridgehead atoms. The van der Waals surface area contributed by atoms with Crippen LogP contribution in [0.15, 0.2) is 29.8 Å². The van der Waals surface area contributed by atoms with E-state index in [-0.39, 0.29) is 5.91 Å². The third-order valence-corrected chi connectivity index (χ3v) is 3.58. The number of hydrogen-bond acceptors (Lipinski definition) is 2. The van der Waals surface area contributed by atoms with E-state index in [1.165, 1.54) is 10.4 Å². The summed E-state index contributed by atoms with van der Waals surface area (Å²) in [6, 6.07) is 5.75. The van der Waals surface area contributed by atoms with E-state index in [4.69, 9.17) is 0 Å². The van der Waals surface area contributed by atoms with Gasteiger partial charge in [-0.3, -0.25) is 4.79 Å². The minimum absolute atomic E-state index is 0.0275. The van der Waals surface area contributed by atoms with E-state index in [2.05, 4.69) is 18.3 Å². The molecular weight excluding hydrogens is 220 g/mol. The van der Waals surface area contributed by atoms with E-state index >= 15 is 0 Å². The molecule has 0 aliphatic rings. The van der Waals surface area contributed by atoms with Gasteiger partial charge in [0.2, 0.25) is 0 Å².